The van der Waals surface area contributed by atoms with Crippen molar-refractivity contribution in [3.8, 4) is 0 Å². The largest absolute Gasteiger partial charge is 0.394 e. The summed E-state index contributed by atoms with van der Waals surface area (Å²) in [4.78, 5) is 6.36. The number of hydrogen-bond donors (Lipinski definition) is 1. The summed E-state index contributed by atoms with van der Waals surface area (Å²) >= 11 is 6.13. The highest BCUT2D eigenvalue weighted by Gasteiger charge is 2.34. The highest BCUT2D eigenvalue weighted by atomic mass is 35.5. The molecule has 1 fully saturated rings. The predicted octanol–water partition coefficient (Wildman–Crippen LogP) is 1.71. The summed E-state index contributed by atoms with van der Waals surface area (Å²) in [5, 5.41) is 9.88. The van der Waals surface area contributed by atoms with Gasteiger partial charge in [-0.25, -0.2) is 4.98 Å². The summed E-state index contributed by atoms with van der Waals surface area (Å²) in [5.41, 5.74) is -0.313. The van der Waals surface area contributed by atoms with Crippen LogP contribution in [-0.2, 0) is 4.74 Å². The number of ether oxygens (including phenoxy) is 1. The fourth-order valence-electron chi connectivity index (χ4n) is 2.16. The smallest absolute Gasteiger partial charge is 0.147 e. The number of morpholine rings is 1. The molecule has 0 saturated carbocycles. The van der Waals surface area contributed by atoms with E-state index in [1.165, 1.54) is 0 Å². The molecule has 2 rings (SSSR count). The molecular weight excluding hydrogens is 240 g/mol. The molecule has 0 spiro atoms. The molecule has 1 aliphatic heterocycles. The molecule has 1 unspecified atom stereocenters. The molecular formula is C12H17ClN2O2. The third kappa shape index (κ3) is 2.89. The van der Waals surface area contributed by atoms with Crippen LogP contribution >= 0.6 is 11.6 Å². The minimum absolute atomic E-state index is 0.00435. The van der Waals surface area contributed by atoms with Crippen molar-refractivity contribution in [1.29, 1.82) is 0 Å². The maximum Gasteiger partial charge on any atom is 0.147 e. The van der Waals surface area contributed by atoms with Crippen LogP contribution in [-0.4, -0.2) is 41.5 Å². The molecule has 17 heavy (non-hydrogen) atoms. The first kappa shape index (κ1) is 12.6. The van der Waals surface area contributed by atoms with Crippen LogP contribution in [0, 0.1) is 0 Å². The van der Waals surface area contributed by atoms with Crippen LogP contribution in [0.4, 0.5) is 5.82 Å². The Morgan fingerprint density at radius 1 is 1.65 bits per heavy atom. The quantitative estimate of drug-likeness (QED) is 0.875. The number of rotatable bonds is 2. The number of aliphatic hydroxyl groups excluding tert-OH is 1. The van der Waals surface area contributed by atoms with Gasteiger partial charge in [0.05, 0.1) is 23.3 Å². The van der Waals surface area contributed by atoms with E-state index in [2.05, 4.69) is 9.88 Å². The van der Waals surface area contributed by atoms with Crippen LogP contribution < -0.4 is 4.90 Å². The van der Waals surface area contributed by atoms with E-state index in [1.54, 1.807) is 12.3 Å². The van der Waals surface area contributed by atoms with E-state index < -0.39 is 0 Å². The Morgan fingerprint density at radius 2 is 2.41 bits per heavy atom. The number of nitrogens with zero attached hydrogens (tertiary/aromatic N) is 2. The van der Waals surface area contributed by atoms with Gasteiger partial charge in [-0.05, 0) is 26.0 Å². The average Bonchev–Trinajstić information content (AvgIpc) is 2.27. The van der Waals surface area contributed by atoms with Gasteiger partial charge in [-0.3, -0.25) is 0 Å². The first-order valence-electron chi connectivity index (χ1n) is 5.66. The third-order valence-electron chi connectivity index (χ3n) is 2.72. The van der Waals surface area contributed by atoms with Crippen molar-refractivity contribution < 1.29 is 9.84 Å². The van der Waals surface area contributed by atoms with Crippen molar-refractivity contribution in [2.75, 3.05) is 24.6 Å². The lowest BCUT2D eigenvalue weighted by Crippen LogP contribution is -2.54. The van der Waals surface area contributed by atoms with Crippen molar-refractivity contribution in [3.63, 3.8) is 0 Å². The lowest BCUT2D eigenvalue weighted by atomic mass is 10.1. The molecule has 0 aromatic carbocycles. The Bertz CT molecular complexity index is 398. The second-order valence-electron chi connectivity index (χ2n) is 4.87. The number of halogens is 1. The summed E-state index contributed by atoms with van der Waals surface area (Å²) in [6, 6.07) is 3.63. The third-order valence-corrected chi connectivity index (χ3v) is 3.02. The van der Waals surface area contributed by atoms with Gasteiger partial charge in [0.2, 0.25) is 0 Å². The van der Waals surface area contributed by atoms with E-state index in [0.717, 1.165) is 5.82 Å². The standard InChI is InChI=1S/C12H17ClN2O2/c1-12(2)8-15(6-9(7-16)17-12)11-10(13)4-3-5-14-11/h3-5,9,16H,6-8H2,1-2H3. The van der Waals surface area contributed by atoms with E-state index in [4.69, 9.17) is 16.3 Å². The molecule has 1 aromatic heterocycles. The van der Waals surface area contributed by atoms with Crippen molar-refractivity contribution in [3.05, 3.63) is 23.4 Å². The zero-order valence-electron chi connectivity index (χ0n) is 10.1. The molecule has 94 valence electrons. The second kappa shape index (κ2) is 4.80. The van der Waals surface area contributed by atoms with Crippen LogP contribution in [0.3, 0.4) is 0 Å². The van der Waals surface area contributed by atoms with Crippen LogP contribution in [0.15, 0.2) is 18.3 Å². The molecule has 0 radical (unpaired) electrons. The molecule has 0 amide bonds. The van der Waals surface area contributed by atoms with Crippen molar-refractivity contribution >= 4 is 17.4 Å². The number of aromatic nitrogens is 1. The summed E-state index contributed by atoms with van der Waals surface area (Å²) in [5.74, 6) is 0.754. The van der Waals surface area contributed by atoms with Crippen LogP contribution in [0.5, 0.6) is 0 Å². The fraction of sp³-hybridized carbons (Fsp3) is 0.583. The monoisotopic (exact) mass is 256 g/mol. The Morgan fingerprint density at radius 3 is 3.06 bits per heavy atom. The second-order valence-corrected chi connectivity index (χ2v) is 5.28. The molecule has 1 saturated heterocycles. The van der Waals surface area contributed by atoms with E-state index in [9.17, 15) is 5.11 Å². The van der Waals surface area contributed by atoms with Gasteiger partial charge < -0.3 is 14.7 Å². The first-order chi connectivity index (χ1) is 8.02. The van der Waals surface area contributed by atoms with Crippen LogP contribution in [0.1, 0.15) is 13.8 Å². The molecule has 0 aliphatic carbocycles. The SMILES string of the molecule is CC1(C)CN(c2ncccc2Cl)CC(CO)O1. The zero-order valence-corrected chi connectivity index (χ0v) is 10.8. The molecule has 2 heterocycles. The number of pyridine rings is 1. The molecule has 1 atom stereocenters. The average molecular weight is 257 g/mol. The summed E-state index contributed by atoms with van der Waals surface area (Å²) in [7, 11) is 0. The topological polar surface area (TPSA) is 45.6 Å². The fourth-order valence-corrected chi connectivity index (χ4v) is 2.40. The Labute approximate surface area is 106 Å². The molecule has 4 nitrogen and oxygen atoms in total. The lowest BCUT2D eigenvalue weighted by molar-refractivity contribution is -0.101. The first-order valence-corrected chi connectivity index (χ1v) is 6.04. The minimum Gasteiger partial charge on any atom is -0.394 e. The summed E-state index contributed by atoms with van der Waals surface area (Å²) in [6.07, 6.45) is 1.52. The number of hydrogen-bond acceptors (Lipinski definition) is 4. The van der Waals surface area contributed by atoms with E-state index in [0.29, 0.717) is 18.1 Å². The van der Waals surface area contributed by atoms with E-state index in [1.807, 2.05) is 19.9 Å². The van der Waals surface area contributed by atoms with E-state index >= 15 is 0 Å². The number of anilines is 1. The van der Waals surface area contributed by atoms with Crippen molar-refractivity contribution in [2.45, 2.75) is 25.6 Å². The predicted molar refractivity (Wildman–Crippen MR) is 67.5 cm³/mol. The minimum atomic E-state index is -0.313. The number of aliphatic hydroxyl groups is 1. The van der Waals surface area contributed by atoms with Crippen molar-refractivity contribution in [1.82, 2.24) is 4.98 Å². The Balaban J connectivity index is 2.24. The van der Waals surface area contributed by atoms with Gasteiger partial charge >= 0.3 is 0 Å². The summed E-state index contributed by atoms with van der Waals surface area (Å²) in [6.45, 7) is 5.32. The lowest BCUT2D eigenvalue weighted by Gasteiger charge is -2.43. The Hall–Kier alpha value is -0.840. The van der Waals surface area contributed by atoms with E-state index in [-0.39, 0.29) is 18.3 Å². The normalized spacial score (nSPS) is 23.8. The van der Waals surface area contributed by atoms with Crippen LogP contribution in [0.25, 0.3) is 0 Å². The molecule has 5 heteroatoms. The van der Waals surface area contributed by atoms with Gasteiger partial charge in [-0.1, -0.05) is 11.6 Å². The van der Waals surface area contributed by atoms with Crippen LogP contribution in [0.2, 0.25) is 5.02 Å². The van der Waals surface area contributed by atoms with Crippen molar-refractivity contribution in [2.24, 2.45) is 0 Å². The summed E-state index contributed by atoms with van der Waals surface area (Å²) < 4.78 is 5.75. The maximum absolute atomic E-state index is 9.25. The molecule has 1 aromatic rings. The molecule has 0 bridgehead atoms. The maximum atomic E-state index is 9.25. The van der Waals surface area contributed by atoms with Gasteiger partial charge in [0.15, 0.2) is 0 Å². The Kier molecular flexibility index (Phi) is 3.56. The highest BCUT2D eigenvalue weighted by molar-refractivity contribution is 6.32. The van der Waals surface area contributed by atoms with Gasteiger partial charge in [0.25, 0.3) is 0 Å². The van der Waals surface area contributed by atoms with Gasteiger partial charge in [-0.15, -0.1) is 0 Å². The molecule has 1 aliphatic rings. The van der Waals surface area contributed by atoms with Gasteiger partial charge in [0.1, 0.15) is 5.82 Å². The van der Waals surface area contributed by atoms with Gasteiger partial charge in [0, 0.05) is 19.3 Å². The highest BCUT2D eigenvalue weighted by Crippen LogP contribution is 2.29. The van der Waals surface area contributed by atoms with Gasteiger partial charge in [-0.2, -0.15) is 0 Å². The molecule has 1 N–H and O–H groups in total. The zero-order chi connectivity index (χ0) is 12.5.